The van der Waals surface area contributed by atoms with Crippen molar-refractivity contribution >= 4 is 34.5 Å². The average molecular weight is 614 g/mol. The third-order valence-corrected chi connectivity index (χ3v) is 7.78. The highest BCUT2D eigenvalue weighted by atomic mass is 35.5. The largest absolute Gasteiger partial charge is 0.490 e. The smallest absolute Gasteiger partial charge is 0.271 e. The molecule has 0 radical (unpaired) electrons. The molecule has 0 aliphatic carbocycles. The summed E-state index contributed by atoms with van der Waals surface area (Å²) < 4.78 is 14.2. The summed E-state index contributed by atoms with van der Waals surface area (Å²) in [5.74, 6) is 0.640. The predicted molar refractivity (Wildman–Crippen MR) is 182 cm³/mol. The third-order valence-electron chi connectivity index (χ3n) is 7.50. The van der Waals surface area contributed by atoms with Gasteiger partial charge in [0.05, 0.1) is 23.5 Å². The number of carbonyl (C=O) groups excluding carboxylic acids is 1. The summed E-state index contributed by atoms with van der Waals surface area (Å²) in [5, 5.41) is 6.83. The zero-order chi connectivity index (χ0) is 31.2. The first-order chi connectivity index (χ1) is 22.0. The monoisotopic (exact) mass is 613 g/mol. The summed E-state index contributed by atoms with van der Waals surface area (Å²) in [6.45, 7) is 4.73. The summed E-state index contributed by atoms with van der Waals surface area (Å²) >= 11 is 6.65. The molecular formula is C38H32ClN3O3. The van der Waals surface area contributed by atoms with E-state index in [1.165, 1.54) is 6.21 Å². The van der Waals surface area contributed by atoms with E-state index in [0.717, 1.165) is 39.0 Å². The van der Waals surface area contributed by atoms with Crippen LogP contribution < -0.4 is 14.9 Å². The van der Waals surface area contributed by atoms with E-state index < -0.39 is 0 Å². The SMILES string of the molecule is CCOc1cc(/C=N/NC(=O)c2ccc(-n3c(C)ccc3-c3ccccc3)cc2)cc(Cl)c1OCc1cccc2ccccc12. The van der Waals surface area contributed by atoms with Gasteiger partial charge in [0.25, 0.3) is 5.91 Å². The maximum absolute atomic E-state index is 12.9. The Labute approximate surface area is 267 Å². The Balaban J connectivity index is 1.14. The molecule has 0 bridgehead atoms. The van der Waals surface area contributed by atoms with E-state index in [4.69, 9.17) is 21.1 Å². The first-order valence-electron chi connectivity index (χ1n) is 14.7. The molecule has 7 heteroatoms. The molecule has 5 aromatic carbocycles. The number of benzene rings is 5. The van der Waals surface area contributed by atoms with E-state index in [0.29, 0.717) is 40.9 Å². The fraction of sp³-hybridized carbons (Fsp3) is 0.105. The Bertz CT molecular complexity index is 1980. The number of hydrazone groups is 1. The van der Waals surface area contributed by atoms with E-state index in [-0.39, 0.29) is 5.91 Å². The first kappa shape index (κ1) is 29.7. The fourth-order valence-corrected chi connectivity index (χ4v) is 5.61. The van der Waals surface area contributed by atoms with Crippen LogP contribution in [0.15, 0.2) is 126 Å². The number of carbonyl (C=O) groups is 1. The molecule has 1 amide bonds. The Morgan fingerprint density at radius 2 is 1.62 bits per heavy atom. The van der Waals surface area contributed by atoms with Gasteiger partial charge >= 0.3 is 0 Å². The standard InChI is InChI=1S/C38H32ClN3O3/c1-3-44-36-23-27(22-34(39)37(36)45-25-31-14-9-13-28-10-7-8-15-33(28)31)24-40-41-38(43)30-17-19-32(20-18-30)42-26(2)16-21-35(42)29-11-5-4-6-12-29/h4-24H,3,25H2,1-2H3,(H,41,43)/b40-24+. The molecule has 0 saturated carbocycles. The molecule has 6 nitrogen and oxygen atoms in total. The summed E-state index contributed by atoms with van der Waals surface area (Å²) in [7, 11) is 0. The van der Waals surface area contributed by atoms with E-state index >= 15 is 0 Å². The number of aromatic nitrogens is 1. The van der Waals surface area contributed by atoms with Crippen LogP contribution >= 0.6 is 11.6 Å². The lowest BCUT2D eigenvalue weighted by atomic mass is 10.1. The van der Waals surface area contributed by atoms with Crippen molar-refractivity contribution < 1.29 is 14.3 Å². The van der Waals surface area contributed by atoms with Gasteiger partial charge < -0.3 is 14.0 Å². The van der Waals surface area contributed by atoms with E-state index in [9.17, 15) is 4.79 Å². The normalized spacial score (nSPS) is 11.2. The Hall–Kier alpha value is -5.33. The van der Waals surface area contributed by atoms with Gasteiger partial charge in [-0.05, 0) is 89.8 Å². The summed E-state index contributed by atoms with van der Waals surface area (Å²) in [6, 6.07) is 39.7. The number of nitrogens with one attached hydrogen (secondary N) is 1. The number of fused-ring (bicyclic) bond motifs is 1. The lowest BCUT2D eigenvalue weighted by Crippen LogP contribution is -2.17. The van der Waals surface area contributed by atoms with Crippen LogP contribution in [0.3, 0.4) is 0 Å². The number of amides is 1. The molecule has 1 N–H and O–H groups in total. The molecule has 224 valence electrons. The van der Waals surface area contributed by atoms with E-state index in [1.54, 1.807) is 24.3 Å². The van der Waals surface area contributed by atoms with Gasteiger partial charge in [-0.15, -0.1) is 0 Å². The van der Waals surface area contributed by atoms with Gasteiger partial charge in [-0.3, -0.25) is 4.79 Å². The van der Waals surface area contributed by atoms with Gasteiger partial charge in [-0.2, -0.15) is 5.10 Å². The van der Waals surface area contributed by atoms with Gasteiger partial charge in [0.15, 0.2) is 11.5 Å². The minimum atomic E-state index is -0.323. The van der Waals surface area contributed by atoms with Gasteiger partial charge in [0.1, 0.15) is 6.61 Å². The second-order valence-corrected chi connectivity index (χ2v) is 10.9. The molecule has 0 aliphatic rings. The highest BCUT2D eigenvalue weighted by molar-refractivity contribution is 6.32. The molecule has 45 heavy (non-hydrogen) atoms. The van der Waals surface area contributed by atoms with Crippen LogP contribution in [0, 0.1) is 6.92 Å². The van der Waals surface area contributed by atoms with Gasteiger partial charge in [0, 0.05) is 16.9 Å². The van der Waals surface area contributed by atoms with Crippen LogP contribution in [0.1, 0.15) is 34.1 Å². The lowest BCUT2D eigenvalue weighted by molar-refractivity contribution is 0.0955. The van der Waals surface area contributed by atoms with Crippen LogP contribution in [0.5, 0.6) is 11.5 Å². The van der Waals surface area contributed by atoms with Crippen LogP contribution in [0.25, 0.3) is 27.7 Å². The van der Waals surface area contributed by atoms with Crippen LogP contribution in [0.2, 0.25) is 5.02 Å². The lowest BCUT2D eigenvalue weighted by Gasteiger charge is -2.15. The van der Waals surface area contributed by atoms with E-state index in [1.807, 2.05) is 61.5 Å². The minimum absolute atomic E-state index is 0.323. The van der Waals surface area contributed by atoms with E-state index in [2.05, 4.69) is 64.5 Å². The van der Waals surface area contributed by atoms with Crippen molar-refractivity contribution in [3.63, 3.8) is 0 Å². The Morgan fingerprint density at radius 3 is 2.42 bits per heavy atom. The van der Waals surface area contributed by atoms with Gasteiger partial charge in [-0.25, -0.2) is 5.43 Å². The molecule has 0 spiro atoms. The number of aryl methyl sites for hydroxylation is 1. The summed E-state index contributed by atoms with van der Waals surface area (Å²) in [4.78, 5) is 12.9. The molecule has 1 aromatic heterocycles. The summed E-state index contributed by atoms with van der Waals surface area (Å²) in [5.41, 5.74) is 9.09. The van der Waals surface area contributed by atoms with Crippen LogP contribution in [0.4, 0.5) is 0 Å². The summed E-state index contributed by atoms with van der Waals surface area (Å²) in [6.07, 6.45) is 1.53. The minimum Gasteiger partial charge on any atom is -0.490 e. The number of nitrogens with zero attached hydrogens (tertiary/aromatic N) is 2. The Morgan fingerprint density at radius 1 is 0.867 bits per heavy atom. The highest BCUT2D eigenvalue weighted by Gasteiger charge is 2.14. The number of hydrogen-bond donors (Lipinski definition) is 1. The maximum Gasteiger partial charge on any atom is 0.271 e. The molecule has 0 saturated heterocycles. The van der Waals surface area contributed by atoms with Crippen molar-refractivity contribution in [3.8, 4) is 28.4 Å². The van der Waals surface area contributed by atoms with Crippen molar-refractivity contribution in [1.82, 2.24) is 9.99 Å². The number of ether oxygens (including phenoxy) is 2. The van der Waals surface area contributed by atoms with Crippen molar-refractivity contribution in [3.05, 3.63) is 149 Å². The molecule has 1 heterocycles. The number of halogens is 1. The topological polar surface area (TPSA) is 64.8 Å². The molecule has 6 aromatic rings. The quantitative estimate of drug-likeness (QED) is 0.124. The van der Waals surface area contributed by atoms with Crippen LogP contribution in [-0.2, 0) is 6.61 Å². The molecule has 0 atom stereocenters. The van der Waals surface area contributed by atoms with Gasteiger partial charge in [-0.1, -0.05) is 84.4 Å². The zero-order valence-corrected chi connectivity index (χ0v) is 25.8. The third kappa shape index (κ3) is 6.61. The fourth-order valence-electron chi connectivity index (χ4n) is 5.34. The second-order valence-electron chi connectivity index (χ2n) is 10.5. The van der Waals surface area contributed by atoms with Crippen molar-refractivity contribution in [2.24, 2.45) is 5.10 Å². The van der Waals surface area contributed by atoms with Crippen molar-refractivity contribution in [1.29, 1.82) is 0 Å². The van der Waals surface area contributed by atoms with Crippen molar-refractivity contribution in [2.45, 2.75) is 20.5 Å². The maximum atomic E-state index is 12.9. The van der Waals surface area contributed by atoms with Crippen molar-refractivity contribution in [2.75, 3.05) is 6.61 Å². The first-order valence-corrected chi connectivity index (χ1v) is 15.1. The zero-order valence-electron chi connectivity index (χ0n) is 25.0. The Kier molecular flexibility index (Phi) is 8.94. The van der Waals surface area contributed by atoms with Gasteiger partial charge in [0.2, 0.25) is 0 Å². The molecular weight excluding hydrogens is 582 g/mol. The molecule has 0 unspecified atom stereocenters. The molecule has 0 aliphatic heterocycles. The second kappa shape index (κ2) is 13.5. The average Bonchev–Trinajstić information content (AvgIpc) is 3.46. The molecule has 0 fully saturated rings. The number of rotatable bonds is 10. The predicted octanol–water partition coefficient (Wildman–Crippen LogP) is 9.00. The number of hydrogen-bond acceptors (Lipinski definition) is 4. The highest BCUT2D eigenvalue weighted by Crippen LogP contribution is 2.37. The molecule has 6 rings (SSSR count). The van der Waals surface area contributed by atoms with Crippen LogP contribution in [-0.4, -0.2) is 23.3 Å².